The van der Waals surface area contributed by atoms with E-state index >= 15 is 0 Å². The fourth-order valence-corrected chi connectivity index (χ4v) is 3.16. The molecule has 9 nitrogen and oxygen atoms in total. The van der Waals surface area contributed by atoms with Gasteiger partial charge in [-0.15, -0.1) is 5.10 Å². The highest BCUT2D eigenvalue weighted by molar-refractivity contribution is 5.87. The third-order valence-electron chi connectivity index (χ3n) is 4.31. The van der Waals surface area contributed by atoms with Crippen LogP contribution in [0.1, 0.15) is 24.6 Å². The third-order valence-corrected chi connectivity index (χ3v) is 4.31. The van der Waals surface area contributed by atoms with E-state index in [4.69, 9.17) is 4.52 Å². The summed E-state index contributed by atoms with van der Waals surface area (Å²) >= 11 is 0. The zero-order chi connectivity index (χ0) is 17.2. The molecule has 25 heavy (non-hydrogen) atoms. The number of fused-ring (bicyclic) bond motifs is 1. The second kappa shape index (κ2) is 6.50. The van der Waals surface area contributed by atoms with E-state index in [0.717, 1.165) is 19.4 Å². The zero-order valence-corrected chi connectivity index (χ0v) is 13.9. The number of aromatic nitrogens is 5. The average Bonchev–Trinajstić information content (AvgIpc) is 3.20. The fraction of sp³-hybridized carbons (Fsp3) is 0.438. The number of nitrogens with zero attached hydrogens (tertiary/aromatic N) is 6. The minimum absolute atomic E-state index is 0.176. The van der Waals surface area contributed by atoms with Gasteiger partial charge in [-0.3, -0.25) is 5.32 Å². The molecule has 0 spiro atoms. The summed E-state index contributed by atoms with van der Waals surface area (Å²) in [6, 6.07) is 5.41. The highest BCUT2D eigenvalue weighted by Gasteiger charge is 2.25. The van der Waals surface area contributed by atoms with Crippen molar-refractivity contribution < 1.29 is 9.32 Å². The first-order chi connectivity index (χ1) is 12.2. The molecule has 0 saturated carbocycles. The molecular weight excluding hydrogens is 322 g/mol. The van der Waals surface area contributed by atoms with Crippen LogP contribution in [0.15, 0.2) is 28.9 Å². The molecule has 1 aliphatic rings. The van der Waals surface area contributed by atoms with Crippen molar-refractivity contribution in [2.45, 2.75) is 26.2 Å². The molecule has 4 heterocycles. The molecule has 2 amide bonds. The lowest BCUT2D eigenvalue weighted by Crippen LogP contribution is -2.43. The molecule has 0 unspecified atom stereocenters. The molecule has 0 aliphatic carbocycles. The monoisotopic (exact) mass is 341 g/mol. The summed E-state index contributed by atoms with van der Waals surface area (Å²) in [5.74, 6) is 1.91. The van der Waals surface area contributed by atoms with E-state index in [1.54, 1.807) is 22.5 Å². The Hall–Kier alpha value is -2.97. The van der Waals surface area contributed by atoms with Gasteiger partial charge in [-0.25, -0.2) is 9.31 Å². The van der Waals surface area contributed by atoms with Crippen LogP contribution in [-0.4, -0.2) is 48.8 Å². The standard InChI is InChI=1S/C16H19N7O2/c1-11-17-13(21-25-11)9-12-5-4-7-22(10-12)16(24)19-15-18-14-6-2-3-8-23(14)20-15/h2-3,6,8,12H,4-5,7,9-10H2,1H3,(H,19,20,24)/t12-/m1/s1. The maximum atomic E-state index is 12.5. The molecule has 9 heteroatoms. The largest absolute Gasteiger partial charge is 0.340 e. The number of pyridine rings is 1. The van der Waals surface area contributed by atoms with Crippen LogP contribution in [0.2, 0.25) is 0 Å². The van der Waals surface area contributed by atoms with Crippen LogP contribution in [0.4, 0.5) is 10.7 Å². The number of urea groups is 1. The number of rotatable bonds is 3. The van der Waals surface area contributed by atoms with Crippen molar-refractivity contribution in [1.82, 2.24) is 29.6 Å². The van der Waals surface area contributed by atoms with Gasteiger partial charge in [0.1, 0.15) is 0 Å². The van der Waals surface area contributed by atoms with E-state index in [-0.39, 0.29) is 6.03 Å². The molecule has 3 aromatic rings. The Morgan fingerprint density at radius 1 is 1.40 bits per heavy atom. The molecule has 3 aromatic heterocycles. The van der Waals surface area contributed by atoms with Crippen molar-refractivity contribution in [1.29, 1.82) is 0 Å². The summed E-state index contributed by atoms with van der Waals surface area (Å²) < 4.78 is 6.65. The van der Waals surface area contributed by atoms with Crippen molar-refractivity contribution in [3.05, 3.63) is 36.1 Å². The number of carbonyl (C=O) groups excluding carboxylic acids is 1. The third kappa shape index (κ3) is 3.44. The van der Waals surface area contributed by atoms with Gasteiger partial charge >= 0.3 is 6.03 Å². The first-order valence-corrected chi connectivity index (χ1v) is 8.34. The molecule has 0 radical (unpaired) electrons. The normalized spacial score (nSPS) is 17.8. The number of hydrogen-bond donors (Lipinski definition) is 1. The van der Waals surface area contributed by atoms with Gasteiger partial charge in [-0.05, 0) is 30.9 Å². The number of nitrogens with one attached hydrogen (secondary N) is 1. The smallest absolute Gasteiger partial charge is 0.324 e. The maximum absolute atomic E-state index is 12.5. The lowest BCUT2D eigenvalue weighted by atomic mass is 9.95. The number of amides is 2. The summed E-state index contributed by atoms with van der Waals surface area (Å²) in [5.41, 5.74) is 0.696. The second-order valence-electron chi connectivity index (χ2n) is 6.26. The molecular formula is C16H19N7O2. The van der Waals surface area contributed by atoms with E-state index in [1.165, 1.54) is 0 Å². The van der Waals surface area contributed by atoms with E-state index in [1.807, 2.05) is 18.2 Å². The van der Waals surface area contributed by atoms with Crippen LogP contribution in [0.25, 0.3) is 5.65 Å². The maximum Gasteiger partial charge on any atom is 0.324 e. The Labute approximate surface area is 144 Å². The van der Waals surface area contributed by atoms with Crippen LogP contribution in [0.3, 0.4) is 0 Å². The summed E-state index contributed by atoms with van der Waals surface area (Å²) in [7, 11) is 0. The quantitative estimate of drug-likeness (QED) is 0.781. The minimum Gasteiger partial charge on any atom is -0.340 e. The van der Waals surface area contributed by atoms with Crippen LogP contribution >= 0.6 is 0 Å². The average molecular weight is 341 g/mol. The second-order valence-corrected chi connectivity index (χ2v) is 6.26. The highest BCUT2D eigenvalue weighted by atomic mass is 16.5. The van der Waals surface area contributed by atoms with Crippen molar-refractivity contribution in [2.75, 3.05) is 18.4 Å². The van der Waals surface area contributed by atoms with Crippen molar-refractivity contribution in [3.63, 3.8) is 0 Å². The van der Waals surface area contributed by atoms with Gasteiger partial charge in [-0.2, -0.15) is 9.97 Å². The molecule has 0 bridgehead atoms. The Balaban J connectivity index is 1.39. The first-order valence-electron chi connectivity index (χ1n) is 8.34. The molecule has 1 N–H and O–H groups in total. The predicted molar refractivity (Wildman–Crippen MR) is 89.0 cm³/mol. The first kappa shape index (κ1) is 15.6. The molecule has 1 aliphatic heterocycles. The molecule has 0 aromatic carbocycles. The van der Waals surface area contributed by atoms with Gasteiger partial charge in [0, 0.05) is 32.6 Å². The fourth-order valence-electron chi connectivity index (χ4n) is 3.16. The van der Waals surface area contributed by atoms with Crippen molar-refractivity contribution >= 4 is 17.6 Å². The highest BCUT2D eigenvalue weighted by Crippen LogP contribution is 2.20. The number of anilines is 1. The summed E-state index contributed by atoms with van der Waals surface area (Å²) in [4.78, 5) is 22.9. The summed E-state index contributed by atoms with van der Waals surface area (Å²) in [5, 5.41) is 11.0. The summed E-state index contributed by atoms with van der Waals surface area (Å²) in [6.07, 6.45) is 4.51. The van der Waals surface area contributed by atoms with E-state index in [9.17, 15) is 4.79 Å². The van der Waals surface area contributed by atoms with Gasteiger partial charge < -0.3 is 9.42 Å². The number of hydrogen-bond acceptors (Lipinski definition) is 6. The van der Waals surface area contributed by atoms with Crippen LogP contribution in [0.5, 0.6) is 0 Å². The van der Waals surface area contributed by atoms with Crippen LogP contribution < -0.4 is 5.32 Å². The van der Waals surface area contributed by atoms with Crippen LogP contribution in [0, 0.1) is 12.8 Å². The molecule has 4 rings (SSSR count). The van der Waals surface area contributed by atoms with Crippen molar-refractivity contribution in [2.24, 2.45) is 5.92 Å². The molecule has 130 valence electrons. The van der Waals surface area contributed by atoms with Gasteiger partial charge in [0.05, 0.1) is 0 Å². The van der Waals surface area contributed by atoms with Gasteiger partial charge in [0.2, 0.25) is 5.89 Å². The Kier molecular flexibility index (Phi) is 4.04. The van der Waals surface area contributed by atoms with E-state index in [0.29, 0.717) is 42.2 Å². The van der Waals surface area contributed by atoms with Crippen LogP contribution in [-0.2, 0) is 6.42 Å². The topological polar surface area (TPSA) is 101 Å². The summed E-state index contributed by atoms with van der Waals surface area (Å²) in [6.45, 7) is 3.16. The van der Waals surface area contributed by atoms with Gasteiger partial charge in [-0.1, -0.05) is 11.2 Å². The lowest BCUT2D eigenvalue weighted by Gasteiger charge is -2.31. The number of likely N-dealkylation sites (tertiary alicyclic amines) is 1. The number of aryl methyl sites for hydroxylation is 1. The Bertz CT molecular complexity index is 854. The van der Waals surface area contributed by atoms with Gasteiger partial charge in [0.25, 0.3) is 5.95 Å². The molecule has 1 saturated heterocycles. The SMILES string of the molecule is Cc1nc(C[C@H]2CCCN(C(=O)Nc3nc4ccccn4n3)C2)no1. The zero-order valence-electron chi connectivity index (χ0n) is 13.9. The Morgan fingerprint density at radius 2 is 2.32 bits per heavy atom. The lowest BCUT2D eigenvalue weighted by molar-refractivity contribution is 0.176. The van der Waals surface area contributed by atoms with E-state index < -0.39 is 0 Å². The minimum atomic E-state index is -0.176. The predicted octanol–water partition coefficient (Wildman–Crippen LogP) is 1.91. The van der Waals surface area contributed by atoms with Crippen molar-refractivity contribution in [3.8, 4) is 0 Å². The Morgan fingerprint density at radius 3 is 3.12 bits per heavy atom. The number of carbonyl (C=O) groups is 1. The number of piperidine rings is 1. The molecule has 1 fully saturated rings. The molecule has 1 atom stereocenters. The van der Waals surface area contributed by atoms with Gasteiger partial charge in [0.15, 0.2) is 11.5 Å². The van der Waals surface area contributed by atoms with E-state index in [2.05, 4.69) is 25.5 Å².